The van der Waals surface area contributed by atoms with E-state index in [1.165, 1.54) is 21.8 Å². The third-order valence-corrected chi connectivity index (χ3v) is 8.31. The molecule has 9 heteroatoms. The highest BCUT2D eigenvalue weighted by atomic mass is 32.2. The van der Waals surface area contributed by atoms with E-state index in [2.05, 4.69) is 4.98 Å². The van der Waals surface area contributed by atoms with Crippen LogP contribution in [0.4, 0.5) is 5.69 Å². The van der Waals surface area contributed by atoms with Crippen molar-refractivity contribution >= 4 is 33.0 Å². The van der Waals surface area contributed by atoms with Crippen molar-refractivity contribution < 1.29 is 17.9 Å². The fourth-order valence-electron chi connectivity index (χ4n) is 3.27. The first kappa shape index (κ1) is 19.2. The summed E-state index contributed by atoms with van der Waals surface area (Å²) in [6.45, 7) is 1.31. The SMILES string of the molecule is CN(c1ccc(OC2CCN(C(=O)c3cccs3)CC2)nc1)S(=O)(=O)C1CC1. The van der Waals surface area contributed by atoms with Gasteiger partial charge >= 0.3 is 0 Å². The van der Waals surface area contributed by atoms with Gasteiger partial charge in [-0.2, -0.15) is 0 Å². The molecule has 0 bridgehead atoms. The second-order valence-corrected chi connectivity index (χ2v) is 10.3. The summed E-state index contributed by atoms with van der Waals surface area (Å²) in [5.74, 6) is 0.555. The van der Waals surface area contributed by atoms with E-state index in [1.807, 2.05) is 22.4 Å². The molecule has 1 aliphatic heterocycles. The maximum absolute atomic E-state index is 12.4. The molecule has 1 aliphatic carbocycles. The van der Waals surface area contributed by atoms with Gasteiger partial charge in [0.05, 0.1) is 22.0 Å². The summed E-state index contributed by atoms with van der Waals surface area (Å²) in [6.07, 6.45) is 4.49. The predicted molar refractivity (Wildman–Crippen MR) is 108 cm³/mol. The van der Waals surface area contributed by atoms with E-state index in [0.717, 1.165) is 30.6 Å². The van der Waals surface area contributed by atoms with Gasteiger partial charge in [-0.1, -0.05) is 6.07 Å². The Hall–Kier alpha value is -2.13. The highest BCUT2D eigenvalue weighted by Gasteiger charge is 2.39. The van der Waals surface area contributed by atoms with Gasteiger partial charge in [0.2, 0.25) is 15.9 Å². The lowest BCUT2D eigenvalue weighted by Gasteiger charge is -2.31. The van der Waals surface area contributed by atoms with E-state index in [1.54, 1.807) is 19.2 Å². The topological polar surface area (TPSA) is 79.8 Å². The fourth-order valence-corrected chi connectivity index (χ4v) is 5.54. The summed E-state index contributed by atoms with van der Waals surface area (Å²) in [7, 11) is -1.71. The molecular weight excluding hydrogens is 398 g/mol. The quantitative estimate of drug-likeness (QED) is 0.717. The number of carbonyl (C=O) groups is 1. The smallest absolute Gasteiger partial charge is 0.263 e. The number of likely N-dealkylation sites (tertiary alicyclic amines) is 1. The lowest BCUT2D eigenvalue weighted by molar-refractivity contribution is 0.0592. The number of hydrogen-bond acceptors (Lipinski definition) is 6. The molecule has 0 atom stereocenters. The largest absolute Gasteiger partial charge is 0.474 e. The summed E-state index contributed by atoms with van der Waals surface area (Å²) in [4.78, 5) is 19.3. The van der Waals surface area contributed by atoms with Crippen LogP contribution in [0.25, 0.3) is 0 Å². The monoisotopic (exact) mass is 421 g/mol. The van der Waals surface area contributed by atoms with Crippen LogP contribution in [0.3, 0.4) is 0 Å². The Morgan fingerprint density at radius 2 is 1.96 bits per heavy atom. The Kier molecular flexibility index (Phi) is 5.29. The van der Waals surface area contributed by atoms with Crippen molar-refractivity contribution in [1.29, 1.82) is 0 Å². The number of aromatic nitrogens is 1. The van der Waals surface area contributed by atoms with Crippen molar-refractivity contribution in [1.82, 2.24) is 9.88 Å². The average Bonchev–Trinajstić information content (AvgIpc) is 3.44. The summed E-state index contributed by atoms with van der Waals surface area (Å²) in [5.41, 5.74) is 0.538. The summed E-state index contributed by atoms with van der Waals surface area (Å²) >= 11 is 1.46. The van der Waals surface area contributed by atoms with Crippen LogP contribution in [-0.2, 0) is 10.0 Å². The minimum Gasteiger partial charge on any atom is -0.474 e. The van der Waals surface area contributed by atoms with Crippen molar-refractivity contribution in [3.05, 3.63) is 40.7 Å². The Balaban J connectivity index is 1.31. The van der Waals surface area contributed by atoms with Crippen LogP contribution in [0, 0.1) is 0 Å². The molecule has 4 rings (SSSR count). The molecule has 0 radical (unpaired) electrons. The van der Waals surface area contributed by atoms with E-state index >= 15 is 0 Å². The summed E-state index contributed by atoms with van der Waals surface area (Å²) in [5, 5.41) is 1.65. The summed E-state index contributed by atoms with van der Waals surface area (Å²) < 4.78 is 31.8. The summed E-state index contributed by atoms with van der Waals surface area (Å²) in [6, 6.07) is 7.16. The number of ether oxygens (including phenoxy) is 1. The zero-order valence-corrected chi connectivity index (χ0v) is 17.3. The number of thiophene rings is 1. The van der Waals surface area contributed by atoms with Gasteiger partial charge < -0.3 is 9.64 Å². The second kappa shape index (κ2) is 7.71. The minimum atomic E-state index is -3.28. The number of pyridine rings is 1. The molecule has 3 heterocycles. The van der Waals surface area contributed by atoms with Crippen LogP contribution in [0.1, 0.15) is 35.4 Å². The number of sulfonamides is 1. The highest BCUT2D eigenvalue weighted by molar-refractivity contribution is 7.93. The normalized spacial score (nSPS) is 18.1. The molecule has 1 amide bonds. The molecule has 1 saturated heterocycles. The Morgan fingerprint density at radius 3 is 2.54 bits per heavy atom. The fraction of sp³-hybridized carbons (Fsp3) is 0.474. The molecule has 2 fully saturated rings. The van der Waals surface area contributed by atoms with E-state index in [0.29, 0.717) is 24.7 Å². The molecule has 0 aromatic carbocycles. The molecule has 0 spiro atoms. The number of amides is 1. The van der Waals surface area contributed by atoms with Gasteiger partial charge in [0.1, 0.15) is 6.10 Å². The number of rotatable bonds is 6. The van der Waals surface area contributed by atoms with Gasteiger partial charge in [0, 0.05) is 39.0 Å². The molecule has 28 heavy (non-hydrogen) atoms. The molecule has 7 nitrogen and oxygen atoms in total. The Labute approximate surface area is 169 Å². The first-order valence-corrected chi connectivity index (χ1v) is 11.8. The van der Waals surface area contributed by atoms with Gasteiger partial charge in [-0.3, -0.25) is 9.10 Å². The van der Waals surface area contributed by atoms with E-state index < -0.39 is 10.0 Å². The lowest BCUT2D eigenvalue weighted by Crippen LogP contribution is -2.41. The van der Waals surface area contributed by atoms with Gasteiger partial charge in [-0.25, -0.2) is 13.4 Å². The van der Waals surface area contributed by atoms with Crippen molar-refractivity contribution in [3.8, 4) is 5.88 Å². The van der Waals surface area contributed by atoms with Crippen LogP contribution in [0.2, 0.25) is 0 Å². The maximum Gasteiger partial charge on any atom is 0.263 e. The molecule has 0 N–H and O–H groups in total. The molecule has 2 aliphatic rings. The van der Waals surface area contributed by atoms with Crippen LogP contribution in [-0.4, -0.2) is 55.7 Å². The third kappa shape index (κ3) is 4.00. The number of anilines is 1. The Morgan fingerprint density at radius 1 is 1.21 bits per heavy atom. The van der Waals surface area contributed by atoms with Crippen LogP contribution in [0.5, 0.6) is 5.88 Å². The van der Waals surface area contributed by atoms with E-state index in [4.69, 9.17) is 4.74 Å². The highest BCUT2D eigenvalue weighted by Crippen LogP contribution is 2.33. The maximum atomic E-state index is 12.4. The third-order valence-electron chi connectivity index (χ3n) is 5.16. The molecule has 1 saturated carbocycles. The second-order valence-electron chi connectivity index (χ2n) is 7.15. The number of carbonyl (C=O) groups excluding carboxylic acids is 1. The number of piperidine rings is 1. The van der Waals surface area contributed by atoms with Crippen LogP contribution in [0.15, 0.2) is 35.8 Å². The van der Waals surface area contributed by atoms with E-state index in [9.17, 15) is 13.2 Å². The standard InChI is InChI=1S/C19H23N3O4S2/c1-21(28(24,25)16-5-6-16)14-4-7-18(20-13-14)26-15-8-10-22(11-9-15)19(23)17-3-2-12-27-17/h2-4,7,12-13,15-16H,5-6,8-11H2,1H3. The predicted octanol–water partition coefficient (Wildman–Crippen LogP) is 2.76. The molecule has 2 aromatic heterocycles. The average molecular weight is 422 g/mol. The number of hydrogen-bond donors (Lipinski definition) is 0. The van der Waals surface area contributed by atoms with Crippen molar-refractivity contribution in [2.45, 2.75) is 37.0 Å². The van der Waals surface area contributed by atoms with Gasteiger partial charge in [0.25, 0.3) is 5.91 Å². The molecule has 150 valence electrons. The van der Waals surface area contributed by atoms with Gasteiger partial charge in [-0.15, -0.1) is 11.3 Å². The zero-order chi connectivity index (χ0) is 19.7. The molecule has 0 unspecified atom stereocenters. The molecule has 2 aromatic rings. The molecular formula is C19H23N3O4S2. The van der Waals surface area contributed by atoms with Gasteiger partial charge in [-0.05, 0) is 30.4 Å². The first-order chi connectivity index (χ1) is 13.4. The number of nitrogens with zero attached hydrogens (tertiary/aromatic N) is 3. The van der Waals surface area contributed by atoms with Crippen LogP contribution >= 0.6 is 11.3 Å². The van der Waals surface area contributed by atoms with Crippen molar-refractivity contribution in [3.63, 3.8) is 0 Å². The van der Waals surface area contributed by atoms with Gasteiger partial charge in [0.15, 0.2) is 0 Å². The van der Waals surface area contributed by atoms with Crippen molar-refractivity contribution in [2.75, 3.05) is 24.4 Å². The minimum absolute atomic E-state index is 0.00124. The lowest BCUT2D eigenvalue weighted by atomic mass is 10.1. The zero-order valence-electron chi connectivity index (χ0n) is 15.7. The van der Waals surface area contributed by atoms with E-state index in [-0.39, 0.29) is 17.3 Å². The van der Waals surface area contributed by atoms with Crippen molar-refractivity contribution in [2.24, 2.45) is 0 Å². The first-order valence-electron chi connectivity index (χ1n) is 9.38. The van der Waals surface area contributed by atoms with Crippen LogP contribution < -0.4 is 9.04 Å². The Bertz CT molecular complexity index is 917.